The van der Waals surface area contributed by atoms with E-state index in [9.17, 15) is 0 Å². The van der Waals surface area contributed by atoms with Gasteiger partial charge >= 0.3 is 0 Å². The smallest absolute Gasteiger partial charge is 0.0247 e. The van der Waals surface area contributed by atoms with E-state index in [1.54, 1.807) is 5.56 Å². The van der Waals surface area contributed by atoms with Gasteiger partial charge in [0.25, 0.3) is 0 Å². The molecule has 1 aromatic carbocycles. The SMILES string of the molecule is CC(C)c1cccc(C23CC(I)(C2)C3)c1. The Balaban J connectivity index is 1.90. The molecule has 0 amide bonds. The van der Waals surface area contributed by atoms with Crippen molar-refractivity contribution in [2.45, 2.75) is 47.9 Å². The standard InChI is InChI=1S/C14H17I/c1-10(2)11-4-3-5-12(6-11)13-7-14(15,8-13)9-13/h3-6,10H,7-9H2,1-2H3. The number of hydrogen-bond donors (Lipinski definition) is 0. The summed E-state index contributed by atoms with van der Waals surface area (Å²) in [5.74, 6) is 0.658. The molecular weight excluding hydrogens is 295 g/mol. The van der Waals surface area contributed by atoms with Crippen molar-refractivity contribution < 1.29 is 0 Å². The first-order valence-corrected chi connectivity index (χ1v) is 6.90. The molecule has 0 atom stereocenters. The Labute approximate surface area is 106 Å². The molecular formula is C14H17I. The third kappa shape index (κ3) is 1.38. The molecule has 80 valence electrons. The highest BCUT2D eigenvalue weighted by Gasteiger charge is 2.66. The molecule has 3 saturated carbocycles. The molecule has 0 nitrogen and oxygen atoms in total. The first-order chi connectivity index (χ1) is 7.03. The van der Waals surface area contributed by atoms with Crippen LogP contribution in [0.1, 0.15) is 50.2 Å². The lowest BCUT2D eigenvalue weighted by Gasteiger charge is -2.68. The molecule has 0 spiro atoms. The van der Waals surface area contributed by atoms with E-state index in [1.165, 1.54) is 24.8 Å². The van der Waals surface area contributed by atoms with Gasteiger partial charge in [-0.25, -0.2) is 0 Å². The molecule has 2 bridgehead atoms. The highest BCUT2D eigenvalue weighted by molar-refractivity contribution is 14.1. The van der Waals surface area contributed by atoms with E-state index in [-0.39, 0.29) is 0 Å². The van der Waals surface area contributed by atoms with Crippen LogP contribution in [0.2, 0.25) is 0 Å². The Morgan fingerprint density at radius 1 is 1.20 bits per heavy atom. The molecule has 0 heterocycles. The monoisotopic (exact) mass is 312 g/mol. The Hall–Kier alpha value is -0.0500. The molecule has 0 unspecified atom stereocenters. The summed E-state index contributed by atoms with van der Waals surface area (Å²) in [6.07, 6.45) is 4.26. The van der Waals surface area contributed by atoms with Crippen LogP contribution < -0.4 is 0 Å². The van der Waals surface area contributed by atoms with Crippen molar-refractivity contribution in [3.05, 3.63) is 35.4 Å². The number of halogens is 1. The summed E-state index contributed by atoms with van der Waals surface area (Å²) in [6.45, 7) is 4.56. The predicted octanol–water partition coefficient (Wildman–Crippen LogP) is 4.42. The van der Waals surface area contributed by atoms with Crippen LogP contribution in [0.25, 0.3) is 0 Å². The lowest BCUT2D eigenvalue weighted by molar-refractivity contribution is 0.0219. The second-order valence-electron chi connectivity index (χ2n) is 5.74. The molecule has 0 saturated heterocycles. The normalized spacial score (nSPS) is 37.3. The molecule has 0 N–H and O–H groups in total. The van der Waals surface area contributed by atoms with Gasteiger partial charge in [-0.2, -0.15) is 0 Å². The average Bonchev–Trinajstić information content (AvgIpc) is 2.12. The van der Waals surface area contributed by atoms with Crippen LogP contribution >= 0.6 is 22.6 Å². The zero-order valence-corrected chi connectivity index (χ0v) is 11.5. The van der Waals surface area contributed by atoms with Crippen LogP contribution in [0, 0.1) is 0 Å². The third-order valence-electron chi connectivity index (χ3n) is 4.13. The highest BCUT2D eigenvalue weighted by Crippen LogP contribution is 2.72. The highest BCUT2D eigenvalue weighted by atomic mass is 127. The Morgan fingerprint density at radius 3 is 2.40 bits per heavy atom. The van der Waals surface area contributed by atoms with Gasteiger partial charge in [-0.05, 0) is 41.7 Å². The molecule has 0 radical (unpaired) electrons. The van der Waals surface area contributed by atoms with Gasteiger partial charge < -0.3 is 0 Å². The van der Waals surface area contributed by atoms with Crippen LogP contribution in [-0.2, 0) is 5.41 Å². The Morgan fingerprint density at radius 2 is 1.87 bits per heavy atom. The molecule has 1 heteroatoms. The molecule has 0 aliphatic heterocycles. The third-order valence-corrected chi connectivity index (χ3v) is 5.28. The van der Waals surface area contributed by atoms with Gasteiger partial charge in [-0.3, -0.25) is 0 Å². The maximum absolute atomic E-state index is 2.65. The molecule has 0 aromatic heterocycles. The first-order valence-electron chi connectivity index (χ1n) is 5.83. The van der Waals surface area contributed by atoms with E-state index in [4.69, 9.17) is 0 Å². The molecule has 3 aliphatic rings. The summed E-state index contributed by atoms with van der Waals surface area (Å²) in [4.78, 5) is 0. The predicted molar refractivity (Wildman–Crippen MR) is 72.8 cm³/mol. The van der Waals surface area contributed by atoms with Crippen LogP contribution in [-0.4, -0.2) is 3.42 Å². The van der Waals surface area contributed by atoms with E-state index >= 15 is 0 Å². The number of benzene rings is 1. The van der Waals surface area contributed by atoms with Crippen molar-refractivity contribution in [1.29, 1.82) is 0 Å². The molecule has 1 aromatic rings. The zero-order chi connectivity index (χ0) is 10.7. The van der Waals surface area contributed by atoms with Crippen LogP contribution in [0.15, 0.2) is 24.3 Å². The van der Waals surface area contributed by atoms with Crippen LogP contribution in [0.3, 0.4) is 0 Å². The van der Waals surface area contributed by atoms with Crippen molar-refractivity contribution in [2.24, 2.45) is 0 Å². The lowest BCUT2D eigenvalue weighted by Crippen LogP contribution is -2.65. The van der Waals surface area contributed by atoms with Crippen molar-refractivity contribution >= 4 is 22.6 Å². The second kappa shape index (κ2) is 2.99. The topological polar surface area (TPSA) is 0 Å². The summed E-state index contributed by atoms with van der Waals surface area (Å²) in [5, 5.41) is 0. The second-order valence-corrected chi connectivity index (χ2v) is 8.03. The Bertz CT molecular complexity index is 386. The zero-order valence-electron chi connectivity index (χ0n) is 9.39. The first kappa shape index (κ1) is 10.1. The lowest BCUT2D eigenvalue weighted by atomic mass is 9.42. The van der Waals surface area contributed by atoms with Gasteiger partial charge in [0, 0.05) is 3.42 Å². The molecule has 3 aliphatic carbocycles. The van der Waals surface area contributed by atoms with Crippen molar-refractivity contribution in [3.8, 4) is 0 Å². The minimum absolute atomic E-state index is 0.589. The van der Waals surface area contributed by atoms with Crippen LogP contribution in [0.4, 0.5) is 0 Å². The van der Waals surface area contributed by atoms with Gasteiger partial charge in [0.2, 0.25) is 0 Å². The summed E-state index contributed by atoms with van der Waals surface area (Å²) >= 11 is 2.65. The minimum atomic E-state index is 0.589. The fourth-order valence-corrected chi connectivity index (χ4v) is 5.39. The van der Waals surface area contributed by atoms with Crippen molar-refractivity contribution in [1.82, 2.24) is 0 Å². The largest absolute Gasteiger partial charge is 0.0788 e. The molecule has 15 heavy (non-hydrogen) atoms. The quantitative estimate of drug-likeness (QED) is 0.560. The average molecular weight is 312 g/mol. The van der Waals surface area contributed by atoms with Gasteiger partial charge in [0.15, 0.2) is 0 Å². The van der Waals surface area contributed by atoms with Gasteiger partial charge in [-0.15, -0.1) is 0 Å². The van der Waals surface area contributed by atoms with Gasteiger partial charge in [0.1, 0.15) is 0 Å². The van der Waals surface area contributed by atoms with E-state index in [1.807, 2.05) is 0 Å². The van der Waals surface area contributed by atoms with Crippen molar-refractivity contribution in [3.63, 3.8) is 0 Å². The maximum atomic E-state index is 2.65. The van der Waals surface area contributed by atoms with Crippen molar-refractivity contribution in [2.75, 3.05) is 0 Å². The summed E-state index contributed by atoms with van der Waals surface area (Å²) < 4.78 is 0.686. The van der Waals surface area contributed by atoms with Crippen LogP contribution in [0.5, 0.6) is 0 Å². The summed E-state index contributed by atoms with van der Waals surface area (Å²) in [7, 11) is 0. The van der Waals surface area contributed by atoms with Gasteiger partial charge in [-0.1, -0.05) is 60.7 Å². The number of rotatable bonds is 2. The number of alkyl halides is 1. The van der Waals surface area contributed by atoms with E-state index in [0.29, 0.717) is 14.8 Å². The maximum Gasteiger partial charge on any atom is 0.0247 e. The van der Waals surface area contributed by atoms with E-state index < -0.39 is 0 Å². The Kier molecular flexibility index (Phi) is 2.02. The molecule has 4 rings (SSSR count). The van der Waals surface area contributed by atoms with E-state index in [2.05, 4.69) is 60.7 Å². The minimum Gasteiger partial charge on any atom is -0.0788 e. The summed E-state index contributed by atoms with van der Waals surface area (Å²) in [6, 6.07) is 9.28. The fourth-order valence-electron chi connectivity index (χ4n) is 3.20. The van der Waals surface area contributed by atoms with Gasteiger partial charge in [0.05, 0.1) is 0 Å². The summed E-state index contributed by atoms with van der Waals surface area (Å²) in [5.41, 5.74) is 3.69. The molecule has 3 fully saturated rings. The fraction of sp³-hybridized carbons (Fsp3) is 0.571. The number of hydrogen-bond acceptors (Lipinski definition) is 0. The van der Waals surface area contributed by atoms with E-state index in [0.717, 1.165) is 0 Å².